The summed E-state index contributed by atoms with van der Waals surface area (Å²) in [7, 11) is 0. The SMILES string of the molecule is CC1(C)C[C@@H](c2cc(NC(=O)CC(F)(F)F)ccc2F)N=C(N)CO1. The molecule has 0 saturated heterocycles. The second-order valence-corrected chi connectivity index (χ2v) is 6.47. The van der Waals surface area contributed by atoms with Crippen molar-refractivity contribution in [3.63, 3.8) is 0 Å². The molecule has 1 amide bonds. The fraction of sp³-hybridized carbons (Fsp3) is 0.500. The molecular formula is C16H19F4N3O2. The summed E-state index contributed by atoms with van der Waals surface area (Å²) in [5.74, 6) is -1.62. The number of carbonyl (C=O) groups excluding carboxylic acids is 1. The van der Waals surface area contributed by atoms with Crippen LogP contribution in [0.3, 0.4) is 0 Å². The lowest BCUT2D eigenvalue weighted by molar-refractivity contribution is -0.150. The Labute approximate surface area is 142 Å². The Hall–Kier alpha value is -2.16. The Bertz CT molecular complexity index is 686. The van der Waals surface area contributed by atoms with E-state index in [1.54, 1.807) is 13.8 Å². The first-order valence-electron chi connectivity index (χ1n) is 7.57. The third kappa shape index (κ3) is 5.70. The average molecular weight is 361 g/mol. The minimum absolute atomic E-state index is 0.0578. The predicted molar refractivity (Wildman–Crippen MR) is 84.7 cm³/mol. The first kappa shape index (κ1) is 19.2. The lowest BCUT2D eigenvalue weighted by atomic mass is 9.93. The summed E-state index contributed by atoms with van der Waals surface area (Å²) >= 11 is 0. The number of amides is 1. The van der Waals surface area contributed by atoms with Crippen molar-refractivity contribution in [3.8, 4) is 0 Å². The zero-order chi connectivity index (χ0) is 18.8. The molecule has 1 aromatic carbocycles. The van der Waals surface area contributed by atoms with Gasteiger partial charge in [-0.1, -0.05) is 0 Å². The van der Waals surface area contributed by atoms with Crippen LogP contribution in [0.15, 0.2) is 23.2 Å². The van der Waals surface area contributed by atoms with Crippen molar-refractivity contribution < 1.29 is 27.1 Å². The Balaban J connectivity index is 2.26. The molecule has 0 aromatic heterocycles. The summed E-state index contributed by atoms with van der Waals surface area (Å²) in [6.07, 6.45) is -5.91. The van der Waals surface area contributed by atoms with Crippen molar-refractivity contribution in [1.82, 2.24) is 0 Å². The number of alkyl halides is 3. The largest absolute Gasteiger partial charge is 0.397 e. The summed E-state index contributed by atoms with van der Waals surface area (Å²) in [6.45, 7) is 3.72. The maximum Gasteiger partial charge on any atom is 0.397 e. The number of nitrogens with zero attached hydrogens (tertiary/aromatic N) is 1. The van der Waals surface area contributed by atoms with Crippen molar-refractivity contribution in [2.24, 2.45) is 10.7 Å². The number of ether oxygens (including phenoxy) is 1. The fourth-order valence-electron chi connectivity index (χ4n) is 2.52. The molecule has 0 radical (unpaired) electrons. The molecule has 0 fully saturated rings. The molecule has 3 N–H and O–H groups in total. The number of aliphatic imine (C=N–C) groups is 1. The van der Waals surface area contributed by atoms with Gasteiger partial charge in [0.1, 0.15) is 24.7 Å². The summed E-state index contributed by atoms with van der Waals surface area (Å²) in [5.41, 5.74) is 5.30. The first-order chi connectivity index (χ1) is 11.5. The van der Waals surface area contributed by atoms with Gasteiger partial charge in [0, 0.05) is 17.7 Å². The fourth-order valence-corrected chi connectivity index (χ4v) is 2.52. The van der Waals surface area contributed by atoms with Gasteiger partial charge >= 0.3 is 6.18 Å². The number of nitrogens with two attached hydrogens (primary N) is 1. The number of amidine groups is 1. The van der Waals surface area contributed by atoms with Gasteiger partial charge in [-0.05, 0) is 32.0 Å². The monoisotopic (exact) mass is 361 g/mol. The van der Waals surface area contributed by atoms with E-state index >= 15 is 0 Å². The first-order valence-corrected chi connectivity index (χ1v) is 7.57. The Kier molecular flexibility index (Phi) is 5.36. The second kappa shape index (κ2) is 6.99. The number of hydrogen-bond acceptors (Lipinski definition) is 4. The van der Waals surface area contributed by atoms with Crippen LogP contribution in [-0.2, 0) is 9.53 Å². The number of halogens is 4. The average Bonchev–Trinajstić information content (AvgIpc) is 2.57. The highest BCUT2D eigenvalue weighted by molar-refractivity contribution is 5.91. The van der Waals surface area contributed by atoms with E-state index in [4.69, 9.17) is 10.5 Å². The topological polar surface area (TPSA) is 76.7 Å². The van der Waals surface area contributed by atoms with Crippen LogP contribution in [0.4, 0.5) is 23.2 Å². The highest BCUT2D eigenvalue weighted by atomic mass is 19.4. The van der Waals surface area contributed by atoms with E-state index in [1.807, 2.05) is 0 Å². The maximum absolute atomic E-state index is 14.2. The summed E-state index contributed by atoms with van der Waals surface area (Å²) < 4.78 is 56.6. The maximum atomic E-state index is 14.2. The van der Waals surface area contributed by atoms with Crippen LogP contribution in [0.25, 0.3) is 0 Å². The zero-order valence-corrected chi connectivity index (χ0v) is 13.8. The van der Waals surface area contributed by atoms with Crippen LogP contribution >= 0.6 is 0 Å². The van der Waals surface area contributed by atoms with Crippen LogP contribution in [0, 0.1) is 5.82 Å². The third-order valence-electron chi connectivity index (χ3n) is 3.62. The van der Waals surface area contributed by atoms with Gasteiger partial charge in [-0.25, -0.2) is 4.39 Å². The number of benzene rings is 1. The molecule has 9 heteroatoms. The number of anilines is 1. The third-order valence-corrected chi connectivity index (χ3v) is 3.62. The predicted octanol–water partition coefficient (Wildman–Crippen LogP) is 3.31. The minimum atomic E-state index is -4.62. The standard InChI is InChI=1S/C16H19F4N3O2/c1-15(2)6-12(23-13(21)8-25-15)10-5-9(3-4-11(10)17)22-14(24)7-16(18,19)20/h3-5,12H,6-8H2,1-2H3,(H2,21,23)(H,22,24)/t12-/m0/s1. The molecule has 0 bridgehead atoms. The summed E-state index contributed by atoms with van der Waals surface area (Å²) in [5, 5.41) is 2.12. The molecule has 0 unspecified atom stereocenters. The van der Waals surface area contributed by atoms with Gasteiger partial charge in [-0.2, -0.15) is 13.2 Å². The Morgan fingerprint density at radius 1 is 1.44 bits per heavy atom. The van der Waals surface area contributed by atoms with Gasteiger partial charge in [0.25, 0.3) is 0 Å². The normalized spacial score (nSPS) is 20.6. The van der Waals surface area contributed by atoms with E-state index in [9.17, 15) is 22.4 Å². The molecule has 2 rings (SSSR count). The zero-order valence-electron chi connectivity index (χ0n) is 13.8. The van der Waals surface area contributed by atoms with E-state index in [1.165, 1.54) is 12.1 Å². The van der Waals surface area contributed by atoms with E-state index in [0.717, 1.165) is 6.07 Å². The number of rotatable bonds is 3. The van der Waals surface area contributed by atoms with Gasteiger partial charge < -0.3 is 15.8 Å². The molecular weight excluding hydrogens is 342 g/mol. The highest BCUT2D eigenvalue weighted by Crippen LogP contribution is 2.34. The van der Waals surface area contributed by atoms with Gasteiger partial charge in [0.2, 0.25) is 5.91 Å². The van der Waals surface area contributed by atoms with Gasteiger partial charge in [-0.15, -0.1) is 0 Å². The van der Waals surface area contributed by atoms with Crippen molar-refractivity contribution in [1.29, 1.82) is 0 Å². The molecule has 0 saturated carbocycles. The molecule has 5 nitrogen and oxygen atoms in total. The highest BCUT2D eigenvalue weighted by Gasteiger charge is 2.32. The molecule has 0 aliphatic carbocycles. The molecule has 1 aromatic rings. The number of hydrogen-bond donors (Lipinski definition) is 2. The molecule has 1 atom stereocenters. The number of carbonyl (C=O) groups is 1. The molecule has 0 spiro atoms. The summed E-state index contributed by atoms with van der Waals surface area (Å²) in [4.78, 5) is 15.6. The van der Waals surface area contributed by atoms with Crippen molar-refractivity contribution in [3.05, 3.63) is 29.6 Å². The molecule has 138 valence electrons. The van der Waals surface area contributed by atoms with E-state index in [2.05, 4.69) is 10.3 Å². The molecule has 1 aliphatic heterocycles. The van der Waals surface area contributed by atoms with Crippen molar-refractivity contribution >= 4 is 17.4 Å². The number of nitrogens with one attached hydrogen (secondary N) is 1. The minimum Gasteiger partial charge on any atom is -0.386 e. The lowest BCUT2D eigenvalue weighted by Gasteiger charge is -2.25. The van der Waals surface area contributed by atoms with Crippen LogP contribution in [0.5, 0.6) is 0 Å². The van der Waals surface area contributed by atoms with Crippen LogP contribution in [0.1, 0.15) is 38.3 Å². The van der Waals surface area contributed by atoms with Crippen LogP contribution in [0.2, 0.25) is 0 Å². The van der Waals surface area contributed by atoms with Gasteiger partial charge in [0.15, 0.2) is 0 Å². The molecule has 1 aliphatic rings. The van der Waals surface area contributed by atoms with Gasteiger partial charge in [-0.3, -0.25) is 9.79 Å². The summed E-state index contributed by atoms with van der Waals surface area (Å²) in [6, 6.07) is 2.87. The van der Waals surface area contributed by atoms with E-state index < -0.39 is 36.0 Å². The Morgan fingerprint density at radius 2 is 2.12 bits per heavy atom. The molecule has 1 heterocycles. The van der Waals surface area contributed by atoms with E-state index in [0.29, 0.717) is 6.42 Å². The Morgan fingerprint density at radius 3 is 2.76 bits per heavy atom. The smallest absolute Gasteiger partial charge is 0.386 e. The van der Waals surface area contributed by atoms with Gasteiger partial charge in [0.05, 0.1) is 11.6 Å². The van der Waals surface area contributed by atoms with E-state index in [-0.39, 0.29) is 23.7 Å². The lowest BCUT2D eigenvalue weighted by Crippen LogP contribution is -2.28. The second-order valence-electron chi connectivity index (χ2n) is 6.47. The van der Waals surface area contributed by atoms with Crippen LogP contribution in [-0.4, -0.2) is 30.1 Å². The van der Waals surface area contributed by atoms with Crippen molar-refractivity contribution in [2.45, 2.75) is 44.5 Å². The van der Waals surface area contributed by atoms with Crippen LogP contribution < -0.4 is 11.1 Å². The quantitative estimate of drug-likeness (QED) is 0.811. The van der Waals surface area contributed by atoms with Crippen molar-refractivity contribution in [2.75, 3.05) is 11.9 Å². The molecule has 25 heavy (non-hydrogen) atoms.